The summed E-state index contributed by atoms with van der Waals surface area (Å²) in [6.45, 7) is 9.95. The molecule has 0 aromatic rings. The lowest BCUT2D eigenvalue weighted by atomic mass is 10.1. The maximum atomic E-state index is 11.9. The van der Waals surface area contributed by atoms with Gasteiger partial charge in [0.15, 0.2) is 0 Å². The third-order valence-electron chi connectivity index (χ3n) is 2.74. The molecule has 0 aromatic carbocycles. The van der Waals surface area contributed by atoms with E-state index in [0.29, 0.717) is 19.3 Å². The minimum Gasteiger partial charge on any atom is -0.465 e. The van der Waals surface area contributed by atoms with Gasteiger partial charge in [-0.05, 0) is 27.2 Å². The van der Waals surface area contributed by atoms with Gasteiger partial charge in [-0.3, -0.25) is 9.69 Å². The molecule has 0 N–H and O–H groups in total. The van der Waals surface area contributed by atoms with Crippen molar-refractivity contribution in [1.29, 1.82) is 0 Å². The lowest BCUT2D eigenvalue weighted by Crippen LogP contribution is -2.47. The van der Waals surface area contributed by atoms with Crippen molar-refractivity contribution in [3.63, 3.8) is 0 Å². The van der Waals surface area contributed by atoms with Crippen molar-refractivity contribution >= 4 is 5.97 Å². The maximum Gasteiger partial charge on any atom is 0.323 e. The highest BCUT2D eigenvalue weighted by atomic mass is 16.5. The summed E-state index contributed by atoms with van der Waals surface area (Å²) in [5, 5.41) is 0. The van der Waals surface area contributed by atoms with E-state index in [-0.39, 0.29) is 12.0 Å². The van der Waals surface area contributed by atoms with Crippen LogP contribution in [0, 0.1) is 0 Å². The summed E-state index contributed by atoms with van der Waals surface area (Å²) in [6.07, 6.45) is 1.81. The van der Waals surface area contributed by atoms with Gasteiger partial charge < -0.3 is 9.47 Å². The van der Waals surface area contributed by atoms with Crippen LogP contribution in [0.25, 0.3) is 0 Å². The van der Waals surface area contributed by atoms with Gasteiger partial charge in [0.2, 0.25) is 0 Å². The lowest BCUT2D eigenvalue weighted by Gasteiger charge is -2.33. The Labute approximate surface area is 105 Å². The molecule has 0 saturated carbocycles. The predicted octanol–water partition coefficient (Wildman–Crippen LogP) is 2.08. The van der Waals surface area contributed by atoms with Crippen LogP contribution in [0.4, 0.5) is 0 Å². The molecule has 102 valence electrons. The van der Waals surface area contributed by atoms with Crippen molar-refractivity contribution in [2.45, 2.75) is 52.6 Å². The summed E-state index contributed by atoms with van der Waals surface area (Å²) >= 11 is 0. The molecule has 0 bridgehead atoms. The summed E-state index contributed by atoms with van der Waals surface area (Å²) in [7, 11) is 1.68. The molecule has 0 rings (SSSR count). The topological polar surface area (TPSA) is 38.8 Å². The van der Waals surface area contributed by atoms with Crippen LogP contribution >= 0.6 is 0 Å². The molecule has 0 aliphatic rings. The van der Waals surface area contributed by atoms with Crippen LogP contribution in [-0.2, 0) is 14.3 Å². The standard InChI is InChI=1S/C13H27NO3/c1-6-8-12(13(15)17-7-2)14(11(3)4)9-10-16-5/h11-12H,6-10H2,1-5H3. The van der Waals surface area contributed by atoms with Gasteiger partial charge in [0.1, 0.15) is 6.04 Å². The van der Waals surface area contributed by atoms with Crippen LogP contribution in [0.5, 0.6) is 0 Å². The van der Waals surface area contributed by atoms with E-state index in [1.807, 2.05) is 6.92 Å². The van der Waals surface area contributed by atoms with Crippen molar-refractivity contribution in [2.75, 3.05) is 26.9 Å². The molecule has 17 heavy (non-hydrogen) atoms. The Balaban J connectivity index is 4.62. The van der Waals surface area contributed by atoms with E-state index in [2.05, 4.69) is 25.7 Å². The fourth-order valence-corrected chi connectivity index (χ4v) is 1.90. The first-order valence-electron chi connectivity index (χ1n) is 6.49. The first-order chi connectivity index (χ1) is 8.08. The molecule has 1 atom stereocenters. The second kappa shape index (κ2) is 9.42. The normalized spacial score (nSPS) is 13.1. The van der Waals surface area contributed by atoms with Crippen LogP contribution < -0.4 is 0 Å². The zero-order valence-electron chi connectivity index (χ0n) is 11.9. The fraction of sp³-hybridized carbons (Fsp3) is 0.923. The van der Waals surface area contributed by atoms with Gasteiger partial charge in [-0.2, -0.15) is 0 Å². The Morgan fingerprint density at radius 3 is 2.35 bits per heavy atom. The van der Waals surface area contributed by atoms with Crippen LogP contribution in [0.3, 0.4) is 0 Å². The Morgan fingerprint density at radius 2 is 1.94 bits per heavy atom. The molecule has 0 aliphatic carbocycles. The maximum absolute atomic E-state index is 11.9. The molecule has 0 spiro atoms. The van der Waals surface area contributed by atoms with Gasteiger partial charge in [-0.1, -0.05) is 13.3 Å². The average molecular weight is 245 g/mol. The largest absolute Gasteiger partial charge is 0.465 e. The number of ether oxygens (including phenoxy) is 2. The van der Waals surface area contributed by atoms with Crippen LogP contribution in [0.2, 0.25) is 0 Å². The molecule has 4 nitrogen and oxygen atoms in total. The third kappa shape index (κ3) is 6.03. The second-order valence-corrected chi connectivity index (χ2v) is 4.38. The molecule has 0 aromatic heterocycles. The smallest absolute Gasteiger partial charge is 0.323 e. The minimum absolute atomic E-state index is 0.112. The van der Waals surface area contributed by atoms with Crippen molar-refractivity contribution in [2.24, 2.45) is 0 Å². The summed E-state index contributed by atoms with van der Waals surface area (Å²) in [4.78, 5) is 14.1. The van der Waals surface area contributed by atoms with Crippen LogP contribution in [0.15, 0.2) is 0 Å². The summed E-state index contributed by atoms with van der Waals surface area (Å²) in [6, 6.07) is 0.168. The van der Waals surface area contributed by atoms with Crippen molar-refractivity contribution in [3.05, 3.63) is 0 Å². The number of nitrogens with zero attached hydrogens (tertiary/aromatic N) is 1. The van der Waals surface area contributed by atoms with Crippen LogP contribution in [0.1, 0.15) is 40.5 Å². The van der Waals surface area contributed by atoms with Gasteiger partial charge in [-0.15, -0.1) is 0 Å². The fourth-order valence-electron chi connectivity index (χ4n) is 1.90. The number of carbonyl (C=O) groups is 1. The highest BCUT2D eigenvalue weighted by Crippen LogP contribution is 2.13. The number of methoxy groups -OCH3 is 1. The summed E-state index contributed by atoms with van der Waals surface area (Å²) in [5.74, 6) is -0.112. The molecule has 0 saturated heterocycles. The molecule has 0 radical (unpaired) electrons. The van der Waals surface area contributed by atoms with Crippen molar-refractivity contribution in [1.82, 2.24) is 4.90 Å². The van der Waals surface area contributed by atoms with Gasteiger partial charge in [-0.25, -0.2) is 0 Å². The van der Waals surface area contributed by atoms with Crippen molar-refractivity contribution in [3.8, 4) is 0 Å². The number of carbonyl (C=O) groups excluding carboxylic acids is 1. The Morgan fingerprint density at radius 1 is 1.29 bits per heavy atom. The molecule has 0 heterocycles. The van der Waals surface area contributed by atoms with E-state index in [9.17, 15) is 4.79 Å². The number of hydrogen-bond acceptors (Lipinski definition) is 4. The molecule has 4 heteroatoms. The van der Waals surface area contributed by atoms with Crippen molar-refractivity contribution < 1.29 is 14.3 Å². The molecule has 0 amide bonds. The second-order valence-electron chi connectivity index (χ2n) is 4.38. The Bertz CT molecular complexity index is 207. The quantitative estimate of drug-likeness (QED) is 0.583. The van der Waals surface area contributed by atoms with Gasteiger partial charge in [0, 0.05) is 19.7 Å². The molecular formula is C13H27NO3. The van der Waals surface area contributed by atoms with Gasteiger partial charge in [0.05, 0.1) is 13.2 Å². The number of hydrogen-bond donors (Lipinski definition) is 0. The monoisotopic (exact) mass is 245 g/mol. The number of rotatable bonds is 9. The zero-order chi connectivity index (χ0) is 13.3. The molecular weight excluding hydrogens is 218 g/mol. The highest BCUT2D eigenvalue weighted by Gasteiger charge is 2.27. The minimum atomic E-state index is -0.143. The molecule has 1 unspecified atom stereocenters. The van der Waals surface area contributed by atoms with Gasteiger partial charge in [0.25, 0.3) is 0 Å². The number of esters is 1. The highest BCUT2D eigenvalue weighted by molar-refractivity contribution is 5.75. The van der Waals surface area contributed by atoms with E-state index >= 15 is 0 Å². The van der Waals surface area contributed by atoms with E-state index in [1.54, 1.807) is 7.11 Å². The SMILES string of the molecule is CCCC(C(=O)OCC)N(CCOC)C(C)C. The molecule has 0 aliphatic heterocycles. The first-order valence-corrected chi connectivity index (χ1v) is 6.49. The zero-order valence-corrected chi connectivity index (χ0v) is 11.9. The Hall–Kier alpha value is -0.610. The summed E-state index contributed by atoms with van der Waals surface area (Å²) < 4.78 is 10.2. The van der Waals surface area contributed by atoms with Crippen LogP contribution in [-0.4, -0.2) is 49.8 Å². The van der Waals surface area contributed by atoms with Gasteiger partial charge >= 0.3 is 5.97 Å². The van der Waals surface area contributed by atoms with E-state index < -0.39 is 0 Å². The van der Waals surface area contributed by atoms with E-state index in [1.165, 1.54) is 0 Å². The predicted molar refractivity (Wildman–Crippen MR) is 69.0 cm³/mol. The summed E-state index contributed by atoms with van der Waals surface area (Å²) in [5.41, 5.74) is 0. The van der Waals surface area contributed by atoms with E-state index in [4.69, 9.17) is 9.47 Å². The van der Waals surface area contributed by atoms with E-state index in [0.717, 1.165) is 19.4 Å². The lowest BCUT2D eigenvalue weighted by molar-refractivity contribution is -0.151. The molecule has 0 fully saturated rings. The Kier molecular flexibility index (Phi) is 9.09. The third-order valence-corrected chi connectivity index (χ3v) is 2.74. The average Bonchev–Trinajstić information content (AvgIpc) is 2.28. The first kappa shape index (κ1) is 16.4.